The van der Waals surface area contributed by atoms with Gasteiger partial charge in [0.25, 0.3) is 0 Å². The monoisotopic (exact) mass is 254 g/mol. The van der Waals surface area contributed by atoms with Crippen molar-refractivity contribution in [1.29, 1.82) is 0 Å². The van der Waals surface area contributed by atoms with Crippen LogP contribution in [0.5, 0.6) is 0 Å². The molecule has 1 aromatic carbocycles. The number of nitrogens with zero attached hydrogens (tertiary/aromatic N) is 4. The first-order valence-corrected chi connectivity index (χ1v) is 6.08. The molecule has 0 amide bonds. The van der Waals surface area contributed by atoms with Crippen molar-refractivity contribution >= 4 is 11.4 Å². The number of carbonyl (C=O) groups is 1. The molecule has 2 heterocycles. The van der Waals surface area contributed by atoms with E-state index in [9.17, 15) is 4.79 Å². The molecule has 0 bridgehead atoms. The average Bonchev–Trinajstić information content (AvgIpc) is 2.90. The molecule has 0 fully saturated rings. The van der Waals surface area contributed by atoms with Gasteiger partial charge in [0, 0.05) is 12.6 Å². The maximum absolute atomic E-state index is 12.0. The summed E-state index contributed by atoms with van der Waals surface area (Å²) >= 11 is 0. The fourth-order valence-electron chi connectivity index (χ4n) is 2.51. The van der Waals surface area contributed by atoms with Crippen LogP contribution in [0.4, 0.5) is 0 Å². The third-order valence-corrected chi connectivity index (χ3v) is 3.34. The van der Waals surface area contributed by atoms with Crippen LogP contribution in [0.25, 0.3) is 16.8 Å². The van der Waals surface area contributed by atoms with E-state index in [1.807, 2.05) is 37.3 Å². The van der Waals surface area contributed by atoms with E-state index < -0.39 is 0 Å². The minimum absolute atomic E-state index is 0.0230. The van der Waals surface area contributed by atoms with Crippen molar-refractivity contribution in [2.24, 2.45) is 7.05 Å². The number of carbonyl (C=O) groups excluding carboxylic acids is 1. The number of fused-ring (bicyclic) bond motifs is 1. The van der Waals surface area contributed by atoms with Crippen molar-refractivity contribution in [3.8, 4) is 11.1 Å². The molecule has 0 aliphatic rings. The lowest BCUT2D eigenvalue weighted by molar-refractivity contribution is 0.101. The first-order valence-electron chi connectivity index (χ1n) is 6.08. The van der Waals surface area contributed by atoms with E-state index in [0.717, 1.165) is 22.5 Å². The molecule has 0 N–H and O–H groups in total. The van der Waals surface area contributed by atoms with Gasteiger partial charge in [0.2, 0.25) is 0 Å². The Kier molecular flexibility index (Phi) is 2.48. The van der Waals surface area contributed by atoms with Crippen LogP contribution < -0.4 is 0 Å². The molecule has 0 unspecified atom stereocenters. The summed E-state index contributed by atoms with van der Waals surface area (Å²) in [5, 5.41) is 8.06. The third kappa shape index (κ3) is 1.58. The summed E-state index contributed by atoms with van der Waals surface area (Å²) < 4.78 is 3.36. The number of tetrazole rings is 1. The highest BCUT2D eigenvalue weighted by Crippen LogP contribution is 2.32. The van der Waals surface area contributed by atoms with Crippen LogP contribution in [0.3, 0.4) is 0 Å². The fraction of sp³-hybridized carbons (Fsp3) is 0.214. The molecule has 0 saturated carbocycles. The summed E-state index contributed by atoms with van der Waals surface area (Å²) in [5.41, 5.74) is 4.31. The highest BCUT2D eigenvalue weighted by atomic mass is 16.1. The molecule has 0 spiro atoms. The fourth-order valence-corrected chi connectivity index (χ4v) is 2.51. The zero-order chi connectivity index (χ0) is 13.6. The smallest absolute Gasteiger partial charge is 0.165 e. The Hall–Kier alpha value is -2.43. The zero-order valence-electron chi connectivity index (χ0n) is 11.1. The predicted octanol–water partition coefficient (Wildman–Crippen LogP) is 2.25. The van der Waals surface area contributed by atoms with E-state index in [4.69, 9.17) is 0 Å². The van der Waals surface area contributed by atoms with E-state index in [-0.39, 0.29) is 5.78 Å². The SMILES string of the molecule is CC(=O)c1c(-c2ccccc2)c(C)n2nnn(C)c12. The molecule has 0 saturated heterocycles. The second-order valence-corrected chi connectivity index (χ2v) is 4.60. The van der Waals surface area contributed by atoms with Crippen LogP contribution in [0, 0.1) is 6.92 Å². The van der Waals surface area contributed by atoms with Gasteiger partial charge in [0.1, 0.15) is 0 Å². The Bertz CT molecular complexity index is 768. The largest absolute Gasteiger partial charge is 0.294 e. The number of hydrogen-bond acceptors (Lipinski definition) is 3. The van der Waals surface area contributed by atoms with E-state index in [1.165, 1.54) is 0 Å². The molecule has 19 heavy (non-hydrogen) atoms. The van der Waals surface area contributed by atoms with Gasteiger partial charge in [0.05, 0.1) is 11.3 Å². The molecule has 3 aromatic rings. The summed E-state index contributed by atoms with van der Waals surface area (Å²) in [5.74, 6) is 0.0230. The Balaban J connectivity index is 2.45. The quantitative estimate of drug-likeness (QED) is 0.659. The second kappa shape index (κ2) is 4.05. The predicted molar refractivity (Wildman–Crippen MR) is 72.1 cm³/mol. The Morgan fingerprint density at radius 2 is 1.84 bits per heavy atom. The summed E-state index contributed by atoms with van der Waals surface area (Å²) in [7, 11) is 1.79. The first-order chi connectivity index (χ1) is 9.11. The zero-order valence-corrected chi connectivity index (χ0v) is 11.1. The Labute approximate surface area is 110 Å². The number of aromatic nitrogens is 4. The summed E-state index contributed by atoms with van der Waals surface area (Å²) in [6.07, 6.45) is 0. The maximum atomic E-state index is 12.0. The van der Waals surface area contributed by atoms with Crippen molar-refractivity contribution in [2.75, 3.05) is 0 Å². The summed E-state index contributed by atoms with van der Waals surface area (Å²) in [6, 6.07) is 9.89. The van der Waals surface area contributed by atoms with Crippen LogP contribution in [-0.4, -0.2) is 25.4 Å². The number of aryl methyl sites for hydroxylation is 2. The van der Waals surface area contributed by atoms with Gasteiger partial charge in [-0.05, 0) is 29.8 Å². The van der Waals surface area contributed by atoms with Crippen molar-refractivity contribution in [2.45, 2.75) is 13.8 Å². The van der Waals surface area contributed by atoms with Crippen LogP contribution >= 0.6 is 0 Å². The standard InChI is InChI=1S/C14H14N4O/c1-9-12(11-7-5-4-6-8-11)13(10(2)19)14-17(3)15-16-18(9)14/h4-8H,1-3H3. The molecule has 0 atom stereocenters. The van der Waals surface area contributed by atoms with E-state index in [2.05, 4.69) is 10.4 Å². The minimum Gasteiger partial charge on any atom is -0.294 e. The van der Waals surface area contributed by atoms with Gasteiger partial charge in [0.15, 0.2) is 11.4 Å². The van der Waals surface area contributed by atoms with E-state index >= 15 is 0 Å². The molecule has 0 radical (unpaired) electrons. The number of ketones is 1. The lowest BCUT2D eigenvalue weighted by Gasteiger charge is -2.03. The summed E-state index contributed by atoms with van der Waals surface area (Å²) in [6.45, 7) is 3.53. The van der Waals surface area contributed by atoms with Crippen molar-refractivity contribution < 1.29 is 4.79 Å². The highest BCUT2D eigenvalue weighted by molar-refractivity contribution is 6.07. The molecule has 5 heteroatoms. The number of Topliss-reactive ketones (excluding diaryl/α,β-unsaturated/α-hetero) is 1. The molecule has 96 valence electrons. The van der Waals surface area contributed by atoms with Crippen molar-refractivity contribution in [3.63, 3.8) is 0 Å². The van der Waals surface area contributed by atoms with Gasteiger partial charge in [-0.25, -0.2) is 4.68 Å². The highest BCUT2D eigenvalue weighted by Gasteiger charge is 2.23. The Morgan fingerprint density at radius 1 is 1.16 bits per heavy atom. The third-order valence-electron chi connectivity index (χ3n) is 3.34. The van der Waals surface area contributed by atoms with Gasteiger partial charge in [-0.3, -0.25) is 4.79 Å². The topological polar surface area (TPSA) is 52.2 Å². The first kappa shape index (κ1) is 11.6. The number of rotatable bonds is 2. The number of hydrogen-bond donors (Lipinski definition) is 0. The van der Waals surface area contributed by atoms with Crippen molar-refractivity contribution in [3.05, 3.63) is 41.6 Å². The molecule has 0 aliphatic carbocycles. The van der Waals surface area contributed by atoms with Gasteiger partial charge >= 0.3 is 0 Å². The van der Waals surface area contributed by atoms with Gasteiger partial charge < -0.3 is 0 Å². The van der Waals surface area contributed by atoms with Crippen LogP contribution in [0.1, 0.15) is 23.0 Å². The molecule has 0 aliphatic heterocycles. The van der Waals surface area contributed by atoms with E-state index in [0.29, 0.717) is 5.56 Å². The summed E-state index contributed by atoms with van der Waals surface area (Å²) in [4.78, 5) is 12.0. The average molecular weight is 254 g/mol. The molecular weight excluding hydrogens is 240 g/mol. The van der Waals surface area contributed by atoms with E-state index in [1.54, 1.807) is 23.2 Å². The molecule has 5 nitrogen and oxygen atoms in total. The number of benzene rings is 1. The van der Waals surface area contributed by atoms with Gasteiger partial charge in [-0.15, -0.1) is 0 Å². The lowest BCUT2D eigenvalue weighted by atomic mass is 10.00. The van der Waals surface area contributed by atoms with Crippen molar-refractivity contribution in [1.82, 2.24) is 19.6 Å². The van der Waals surface area contributed by atoms with Crippen LogP contribution in [0.15, 0.2) is 30.3 Å². The van der Waals surface area contributed by atoms with Crippen LogP contribution in [-0.2, 0) is 7.05 Å². The second-order valence-electron chi connectivity index (χ2n) is 4.60. The minimum atomic E-state index is 0.0230. The maximum Gasteiger partial charge on any atom is 0.165 e. The normalized spacial score (nSPS) is 11.1. The molecular formula is C14H14N4O. The van der Waals surface area contributed by atoms with Crippen LogP contribution in [0.2, 0.25) is 0 Å². The van der Waals surface area contributed by atoms with Gasteiger partial charge in [-0.1, -0.05) is 30.3 Å². The molecule has 2 aromatic heterocycles. The van der Waals surface area contributed by atoms with Gasteiger partial charge in [-0.2, -0.15) is 4.52 Å². The molecule has 3 rings (SSSR count). The lowest BCUT2D eigenvalue weighted by Crippen LogP contribution is -1.99. The Morgan fingerprint density at radius 3 is 2.47 bits per heavy atom.